The molecule has 1 atom stereocenters. The lowest BCUT2D eigenvalue weighted by atomic mass is 10.2. The Morgan fingerprint density at radius 1 is 1.20 bits per heavy atom. The maximum Gasteiger partial charge on any atom is 0.254 e. The minimum absolute atomic E-state index is 0.0222. The van der Waals surface area contributed by atoms with E-state index in [1.54, 1.807) is 28.1 Å². The average molecular weight is 366 g/mol. The zero-order valence-electron chi connectivity index (χ0n) is 14.1. The van der Waals surface area contributed by atoms with Crippen LogP contribution in [0.15, 0.2) is 18.3 Å². The van der Waals surface area contributed by atoms with E-state index in [9.17, 15) is 18.0 Å². The van der Waals surface area contributed by atoms with Crippen molar-refractivity contribution in [2.45, 2.75) is 19.4 Å². The molecule has 0 bridgehead atoms. The van der Waals surface area contributed by atoms with Gasteiger partial charge in [0.1, 0.15) is 5.82 Å². The van der Waals surface area contributed by atoms with Crippen LogP contribution < -0.4 is 5.32 Å². The lowest BCUT2D eigenvalue weighted by Gasteiger charge is -2.34. The van der Waals surface area contributed by atoms with E-state index in [2.05, 4.69) is 10.3 Å². The molecule has 136 valence electrons. The Kier molecular flexibility index (Phi) is 4.94. The van der Waals surface area contributed by atoms with Crippen molar-refractivity contribution < 1.29 is 18.0 Å². The number of nitrogens with zero attached hydrogens (tertiary/aromatic N) is 3. The fourth-order valence-corrected chi connectivity index (χ4v) is 4.84. The predicted molar refractivity (Wildman–Crippen MR) is 93.1 cm³/mol. The molecule has 2 amide bonds. The standard InChI is InChI=1S/C16H22N4O4S/c1-12(21)19-5-7-20(8-6-19)16(22)13-2-4-17-15(10-13)18-14-3-9-25(23,24)11-14/h2,4,10,14H,3,5-9,11H2,1H3,(H,17,18). The molecule has 0 aromatic carbocycles. The molecule has 25 heavy (non-hydrogen) atoms. The van der Waals surface area contributed by atoms with Gasteiger partial charge in [0.15, 0.2) is 9.84 Å². The molecule has 1 aromatic heterocycles. The summed E-state index contributed by atoms with van der Waals surface area (Å²) in [4.78, 5) is 31.6. The maximum absolute atomic E-state index is 12.6. The predicted octanol–water partition coefficient (Wildman–Crippen LogP) is -0.0151. The highest BCUT2D eigenvalue weighted by molar-refractivity contribution is 7.91. The van der Waals surface area contributed by atoms with Crippen LogP contribution in [0.1, 0.15) is 23.7 Å². The quantitative estimate of drug-likeness (QED) is 0.807. The molecule has 0 saturated carbocycles. The third-order valence-electron chi connectivity index (χ3n) is 4.60. The number of aromatic nitrogens is 1. The van der Waals surface area contributed by atoms with Gasteiger partial charge in [-0.1, -0.05) is 0 Å². The molecule has 9 heteroatoms. The number of amides is 2. The van der Waals surface area contributed by atoms with Crippen molar-refractivity contribution in [3.63, 3.8) is 0 Å². The summed E-state index contributed by atoms with van der Waals surface area (Å²) in [6.45, 7) is 3.62. The van der Waals surface area contributed by atoms with Gasteiger partial charge in [0.2, 0.25) is 5.91 Å². The fourth-order valence-electron chi connectivity index (χ4n) is 3.17. The van der Waals surface area contributed by atoms with Gasteiger partial charge >= 0.3 is 0 Å². The first-order chi connectivity index (χ1) is 11.8. The molecule has 2 aliphatic rings. The molecular weight excluding hydrogens is 344 g/mol. The Morgan fingerprint density at radius 3 is 2.48 bits per heavy atom. The molecule has 0 aliphatic carbocycles. The van der Waals surface area contributed by atoms with Crippen molar-refractivity contribution in [2.75, 3.05) is 43.0 Å². The Labute approximate surface area is 147 Å². The first kappa shape index (κ1) is 17.7. The molecule has 2 saturated heterocycles. The van der Waals surface area contributed by atoms with Crippen molar-refractivity contribution in [3.8, 4) is 0 Å². The SMILES string of the molecule is CC(=O)N1CCN(C(=O)c2ccnc(NC3CCS(=O)(=O)C3)c2)CC1. The third-order valence-corrected chi connectivity index (χ3v) is 6.37. The van der Waals surface area contributed by atoms with E-state index >= 15 is 0 Å². The third kappa shape index (κ3) is 4.28. The van der Waals surface area contributed by atoms with E-state index in [0.29, 0.717) is 44.0 Å². The summed E-state index contributed by atoms with van der Waals surface area (Å²) in [5, 5.41) is 3.10. The van der Waals surface area contributed by atoms with Gasteiger partial charge in [-0.15, -0.1) is 0 Å². The van der Waals surface area contributed by atoms with E-state index in [0.717, 1.165) is 0 Å². The van der Waals surface area contributed by atoms with E-state index in [1.165, 1.54) is 6.92 Å². The molecule has 0 spiro atoms. The van der Waals surface area contributed by atoms with Crippen LogP contribution >= 0.6 is 0 Å². The van der Waals surface area contributed by atoms with Crippen LogP contribution in [0.4, 0.5) is 5.82 Å². The lowest BCUT2D eigenvalue weighted by Crippen LogP contribution is -2.50. The lowest BCUT2D eigenvalue weighted by molar-refractivity contribution is -0.130. The van der Waals surface area contributed by atoms with Gasteiger partial charge in [0.25, 0.3) is 5.91 Å². The van der Waals surface area contributed by atoms with Gasteiger partial charge in [0.05, 0.1) is 11.5 Å². The number of sulfone groups is 1. The minimum atomic E-state index is -2.97. The van der Waals surface area contributed by atoms with Gasteiger partial charge in [-0.3, -0.25) is 9.59 Å². The average Bonchev–Trinajstić information content (AvgIpc) is 2.93. The van der Waals surface area contributed by atoms with Crippen molar-refractivity contribution in [2.24, 2.45) is 0 Å². The number of carbonyl (C=O) groups excluding carboxylic acids is 2. The Hall–Kier alpha value is -2.16. The number of hydrogen-bond donors (Lipinski definition) is 1. The fraction of sp³-hybridized carbons (Fsp3) is 0.562. The number of rotatable bonds is 3. The van der Waals surface area contributed by atoms with E-state index < -0.39 is 9.84 Å². The monoisotopic (exact) mass is 366 g/mol. The molecular formula is C16H22N4O4S. The van der Waals surface area contributed by atoms with Gasteiger partial charge < -0.3 is 15.1 Å². The Morgan fingerprint density at radius 2 is 1.88 bits per heavy atom. The van der Waals surface area contributed by atoms with Crippen molar-refractivity contribution >= 4 is 27.5 Å². The normalized spacial score (nSPS) is 22.7. The molecule has 1 N–H and O–H groups in total. The zero-order valence-corrected chi connectivity index (χ0v) is 15.0. The Bertz CT molecular complexity index is 772. The van der Waals surface area contributed by atoms with E-state index in [1.807, 2.05) is 0 Å². The molecule has 3 rings (SSSR count). The van der Waals surface area contributed by atoms with Crippen molar-refractivity contribution in [3.05, 3.63) is 23.9 Å². The van der Waals surface area contributed by atoms with Crippen LogP contribution in [0.25, 0.3) is 0 Å². The number of carbonyl (C=O) groups is 2. The molecule has 3 heterocycles. The van der Waals surface area contributed by atoms with Crippen LogP contribution in [0.2, 0.25) is 0 Å². The van der Waals surface area contributed by atoms with Crippen LogP contribution in [0.5, 0.6) is 0 Å². The second-order valence-corrected chi connectivity index (χ2v) is 8.70. The summed E-state index contributed by atoms with van der Waals surface area (Å²) in [7, 11) is -2.97. The summed E-state index contributed by atoms with van der Waals surface area (Å²) in [6.07, 6.45) is 2.10. The number of pyridine rings is 1. The van der Waals surface area contributed by atoms with Gasteiger partial charge in [-0.05, 0) is 18.6 Å². The number of piperazine rings is 1. The largest absolute Gasteiger partial charge is 0.366 e. The Balaban J connectivity index is 1.63. The summed E-state index contributed by atoms with van der Waals surface area (Å²) < 4.78 is 23.1. The summed E-state index contributed by atoms with van der Waals surface area (Å²) in [5.74, 6) is 0.709. The molecule has 8 nitrogen and oxygen atoms in total. The molecule has 1 aromatic rings. The van der Waals surface area contributed by atoms with Crippen LogP contribution in [0.3, 0.4) is 0 Å². The van der Waals surface area contributed by atoms with E-state index in [-0.39, 0.29) is 29.4 Å². The highest BCUT2D eigenvalue weighted by atomic mass is 32.2. The van der Waals surface area contributed by atoms with Crippen molar-refractivity contribution in [1.29, 1.82) is 0 Å². The van der Waals surface area contributed by atoms with Crippen molar-refractivity contribution in [1.82, 2.24) is 14.8 Å². The van der Waals surface area contributed by atoms with E-state index in [4.69, 9.17) is 0 Å². The summed E-state index contributed by atoms with van der Waals surface area (Å²) >= 11 is 0. The highest BCUT2D eigenvalue weighted by Gasteiger charge is 2.28. The topological polar surface area (TPSA) is 99.7 Å². The smallest absolute Gasteiger partial charge is 0.254 e. The molecule has 2 fully saturated rings. The maximum atomic E-state index is 12.6. The summed E-state index contributed by atoms with van der Waals surface area (Å²) in [5.41, 5.74) is 0.509. The van der Waals surface area contributed by atoms with Crippen LogP contribution in [0, 0.1) is 0 Å². The highest BCUT2D eigenvalue weighted by Crippen LogP contribution is 2.18. The van der Waals surface area contributed by atoms with Gasteiger partial charge in [-0.25, -0.2) is 13.4 Å². The number of nitrogens with one attached hydrogen (secondary N) is 1. The van der Waals surface area contributed by atoms with Crippen LogP contribution in [-0.4, -0.2) is 78.7 Å². The van der Waals surface area contributed by atoms with Crippen LogP contribution in [-0.2, 0) is 14.6 Å². The minimum Gasteiger partial charge on any atom is -0.366 e. The first-order valence-corrected chi connectivity index (χ1v) is 10.1. The molecule has 1 unspecified atom stereocenters. The van der Waals surface area contributed by atoms with Gasteiger partial charge in [-0.2, -0.15) is 0 Å². The molecule has 2 aliphatic heterocycles. The second kappa shape index (κ2) is 6.99. The number of anilines is 1. The first-order valence-electron chi connectivity index (χ1n) is 8.32. The zero-order chi connectivity index (χ0) is 18.0. The second-order valence-electron chi connectivity index (χ2n) is 6.47. The molecule has 0 radical (unpaired) electrons. The number of hydrogen-bond acceptors (Lipinski definition) is 6. The van der Waals surface area contributed by atoms with Gasteiger partial charge in [0, 0.05) is 50.9 Å². The summed E-state index contributed by atoms with van der Waals surface area (Å²) in [6, 6.07) is 3.14.